The zero-order chi connectivity index (χ0) is 25.7. The predicted octanol–water partition coefficient (Wildman–Crippen LogP) is 4.13. The molecular formula is C28H26N2O5S. The fraction of sp³-hybridized carbons (Fsp3) is 0.179. The maximum atomic E-state index is 13.9. The smallest absolute Gasteiger partial charge is 0.333 e. The third-order valence-electron chi connectivity index (χ3n) is 5.84. The molecule has 1 unspecified atom stereocenters. The largest absolute Gasteiger partial charge is 0.467 e. The minimum absolute atomic E-state index is 0.0812. The van der Waals surface area contributed by atoms with E-state index in [1.54, 1.807) is 42.5 Å². The Balaban J connectivity index is 1.92. The first-order valence-electron chi connectivity index (χ1n) is 11.4. The third kappa shape index (κ3) is 5.60. The average Bonchev–Trinajstić information content (AvgIpc) is 2.89. The summed E-state index contributed by atoms with van der Waals surface area (Å²) in [5, 5.41) is 3.38. The van der Waals surface area contributed by atoms with Crippen molar-refractivity contribution in [3.8, 4) is 11.3 Å². The van der Waals surface area contributed by atoms with E-state index in [1.165, 1.54) is 7.11 Å². The molecule has 0 saturated carbocycles. The number of hydrogen-bond acceptors (Lipinski definition) is 6. The summed E-state index contributed by atoms with van der Waals surface area (Å²) in [7, 11) is -2.07. The molecule has 0 radical (unpaired) electrons. The molecule has 0 aliphatic heterocycles. The van der Waals surface area contributed by atoms with Crippen LogP contribution in [0.4, 0.5) is 0 Å². The number of methoxy groups -OCH3 is 1. The van der Waals surface area contributed by atoms with Gasteiger partial charge in [0, 0.05) is 17.2 Å². The van der Waals surface area contributed by atoms with Crippen molar-refractivity contribution in [2.24, 2.45) is 0 Å². The molecule has 0 fully saturated rings. The molecule has 0 aliphatic rings. The summed E-state index contributed by atoms with van der Waals surface area (Å²) < 4.78 is 29.2. The Morgan fingerprint density at radius 2 is 1.53 bits per heavy atom. The Morgan fingerprint density at radius 1 is 0.917 bits per heavy atom. The molecular weight excluding hydrogens is 476 g/mol. The molecule has 0 saturated heterocycles. The molecule has 7 nitrogen and oxygen atoms in total. The molecule has 1 aromatic heterocycles. The molecule has 0 bridgehead atoms. The van der Waals surface area contributed by atoms with Gasteiger partial charge in [0.05, 0.1) is 29.6 Å². The highest BCUT2D eigenvalue weighted by molar-refractivity contribution is 7.90. The molecule has 4 rings (SSSR count). The summed E-state index contributed by atoms with van der Waals surface area (Å²) in [5.41, 5.74) is 3.22. The minimum atomic E-state index is -3.33. The molecule has 184 valence electrons. The van der Waals surface area contributed by atoms with Crippen LogP contribution in [0.1, 0.15) is 27.5 Å². The maximum Gasteiger partial charge on any atom is 0.333 e. The monoisotopic (exact) mass is 502 g/mol. The minimum Gasteiger partial charge on any atom is -0.467 e. The fourth-order valence-electron chi connectivity index (χ4n) is 4.12. The highest BCUT2D eigenvalue weighted by Gasteiger charge is 2.28. The van der Waals surface area contributed by atoms with Gasteiger partial charge in [-0.1, -0.05) is 78.9 Å². The number of ether oxygens (including phenoxy) is 1. The number of carbonyl (C=O) groups is 2. The zero-order valence-electron chi connectivity index (χ0n) is 20.0. The number of esters is 1. The number of nitrogens with one attached hydrogen (secondary N) is 1. The van der Waals surface area contributed by atoms with Gasteiger partial charge in [0.1, 0.15) is 9.84 Å². The molecule has 1 atom stereocenters. The molecule has 0 aliphatic carbocycles. The Morgan fingerprint density at radius 3 is 2.17 bits per heavy atom. The number of carbonyl (C=O) groups excluding carboxylic acids is 2. The van der Waals surface area contributed by atoms with Crippen molar-refractivity contribution in [1.82, 2.24) is 10.3 Å². The van der Waals surface area contributed by atoms with E-state index >= 15 is 0 Å². The SMILES string of the molecule is COC(=O)C(NC(=O)c1c(CCS(C)(=O)=O)c(-c2ccccc2)nc2ccccc12)c1ccccc1. The van der Waals surface area contributed by atoms with E-state index in [-0.39, 0.29) is 17.7 Å². The number of para-hydroxylation sites is 1. The van der Waals surface area contributed by atoms with E-state index in [0.717, 1.165) is 11.8 Å². The van der Waals surface area contributed by atoms with Crippen LogP contribution in [0.15, 0.2) is 84.9 Å². The second kappa shape index (κ2) is 10.7. The number of rotatable bonds is 8. The summed E-state index contributed by atoms with van der Waals surface area (Å²) in [6, 6.07) is 24.3. The van der Waals surface area contributed by atoms with Crippen molar-refractivity contribution in [3.05, 3.63) is 102 Å². The lowest BCUT2D eigenvalue weighted by Gasteiger charge is -2.21. The number of pyridine rings is 1. The Labute approximate surface area is 210 Å². The molecule has 1 amide bonds. The Hall–Kier alpha value is -4.04. The summed E-state index contributed by atoms with van der Waals surface area (Å²) >= 11 is 0. The normalized spacial score (nSPS) is 12.2. The number of hydrogen-bond donors (Lipinski definition) is 1. The molecule has 36 heavy (non-hydrogen) atoms. The van der Waals surface area contributed by atoms with Crippen molar-refractivity contribution in [2.75, 3.05) is 19.1 Å². The fourth-order valence-corrected chi connectivity index (χ4v) is 4.70. The van der Waals surface area contributed by atoms with Crippen LogP contribution in [-0.4, -0.2) is 44.4 Å². The van der Waals surface area contributed by atoms with Gasteiger partial charge in [0.15, 0.2) is 6.04 Å². The van der Waals surface area contributed by atoms with Gasteiger partial charge in [0.2, 0.25) is 0 Å². The van der Waals surface area contributed by atoms with Crippen LogP contribution in [0.25, 0.3) is 22.2 Å². The standard InChI is InChI=1S/C28H26N2O5S/c1-35-28(32)26(20-13-7-4-8-14-20)30-27(31)24-21-15-9-10-16-23(21)29-25(19-11-5-3-6-12-19)22(24)17-18-36(2,33)34/h3-16,26H,17-18H2,1-2H3,(H,30,31). The van der Waals surface area contributed by atoms with Crippen molar-refractivity contribution in [1.29, 1.82) is 0 Å². The van der Waals surface area contributed by atoms with E-state index in [2.05, 4.69) is 5.32 Å². The van der Waals surface area contributed by atoms with E-state index in [4.69, 9.17) is 9.72 Å². The highest BCUT2D eigenvalue weighted by Crippen LogP contribution is 2.31. The Bertz CT molecular complexity index is 1500. The molecule has 1 N–H and O–H groups in total. The van der Waals surface area contributed by atoms with Crippen molar-refractivity contribution < 1.29 is 22.7 Å². The topological polar surface area (TPSA) is 102 Å². The van der Waals surface area contributed by atoms with Gasteiger partial charge >= 0.3 is 5.97 Å². The lowest BCUT2D eigenvalue weighted by molar-refractivity contribution is -0.143. The van der Waals surface area contributed by atoms with Crippen molar-refractivity contribution in [3.63, 3.8) is 0 Å². The second-order valence-electron chi connectivity index (χ2n) is 8.42. The van der Waals surface area contributed by atoms with Crippen LogP contribution >= 0.6 is 0 Å². The second-order valence-corrected chi connectivity index (χ2v) is 10.7. The molecule has 0 spiro atoms. The lowest BCUT2D eigenvalue weighted by Crippen LogP contribution is -2.35. The molecule has 1 heterocycles. The predicted molar refractivity (Wildman–Crippen MR) is 139 cm³/mol. The van der Waals surface area contributed by atoms with Gasteiger partial charge in [-0.15, -0.1) is 0 Å². The number of amides is 1. The van der Waals surface area contributed by atoms with Gasteiger partial charge in [0.25, 0.3) is 5.91 Å². The maximum absolute atomic E-state index is 13.9. The third-order valence-corrected chi connectivity index (χ3v) is 6.78. The van der Waals surface area contributed by atoms with E-state index in [1.807, 2.05) is 42.5 Å². The summed E-state index contributed by atoms with van der Waals surface area (Å²) in [6.07, 6.45) is 1.24. The quantitative estimate of drug-likeness (QED) is 0.364. The van der Waals surface area contributed by atoms with Crippen molar-refractivity contribution >= 4 is 32.6 Å². The summed E-state index contributed by atoms with van der Waals surface area (Å²) in [4.78, 5) is 31.4. The van der Waals surface area contributed by atoms with Crippen LogP contribution < -0.4 is 5.32 Å². The molecule has 3 aromatic carbocycles. The first-order valence-corrected chi connectivity index (χ1v) is 13.4. The van der Waals surface area contributed by atoms with Crippen LogP contribution in [0.3, 0.4) is 0 Å². The van der Waals surface area contributed by atoms with Gasteiger partial charge in [-0.3, -0.25) is 4.79 Å². The van der Waals surface area contributed by atoms with Gasteiger partial charge < -0.3 is 10.1 Å². The number of fused-ring (bicyclic) bond motifs is 1. The number of sulfone groups is 1. The molecule has 8 heteroatoms. The van der Waals surface area contributed by atoms with Crippen LogP contribution in [0.2, 0.25) is 0 Å². The van der Waals surface area contributed by atoms with E-state index in [9.17, 15) is 18.0 Å². The van der Waals surface area contributed by atoms with E-state index < -0.39 is 27.8 Å². The van der Waals surface area contributed by atoms with E-state index in [0.29, 0.717) is 27.7 Å². The van der Waals surface area contributed by atoms with Crippen molar-refractivity contribution in [2.45, 2.75) is 12.5 Å². The number of nitrogens with zero attached hydrogens (tertiary/aromatic N) is 1. The molecule has 4 aromatic rings. The van der Waals surface area contributed by atoms with Gasteiger partial charge in [-0.25, -0.2) is 18.2 Å². The number of aromatic nitrogens is 1. The van der Waals surface area contributed by atoms with Crippen LogP contribution in [0.5, 0.6) is 0 Å². The summed E-state index contributed by atoms with van der Waals surface area (Å²) in [5.74, 6) is -1.30. The van der Waals surface area contributed by atoms with Crippen LogP contribution in [-0.2, 0) is 25.8 Å². The van der Waals surface area contributed by atoms with Crippen LogP contribution in [0, 0.1) is 0 Å². The highest BCUT2D eigenvalue weighted by atomic mass is 32.2. The average molecular weight is 503 g/mol. The number of benzene rings is 3. The first kappa shape index (κ1) is 25.1. The first-order chi connectivity index (χ1) is 17.3. The lowest BCUT2D eigenvalue weighted by atomic mass is 9.94. The summed E-state index contributed by atoms with van der Waals surface area (Å²) in [6.45, 7) is 0. The van der Waals surface area contributed by atoms with Gasteiger partial charge in [-0.2, -0.15) is 0 Å². The van der Waals surface area contributed by atoms with Gasteiger partial charge in [-0.05, 0) is 23.6 Å². The zero-order valence-corrected chi connectivity index (χ0v) is 20.8. The Kier molecular flexibility index (Phi) is 7.45.